The van der Waals surface area contributed by atoms with E-state index in [1.54, 1.807) is 0 Å². The lowest BCUT2D eigenvalue weighted by Gasteiger charge is -2.18. The van der Waals surface area contributed by atoms with E-state index in [9.17, 15) is 14.4 Å². The van der Waals surface area contributed by atoms with E-state index < -0.39 is 6.10 Å². The molecule has 0 saturated carbocycles. The van der Waals surface area contributed by atoms with Crippen molar-refractivity contribution in [1.29, 1.82) is 0 Å². The number of ether oxygens (including phenoxy) is 3. The van der Waals surface area contributed by atoms with Gasteiger partial charge in [-0.3, -0.25) is 14.4 Å². The number of hydrogen-bond acceptors (Lipinski definition) is 6. The third-order valence-corrected chi connectivity index (χ3v) is 10.4. The summed E-state index contributed by atoms with van der Waals surface area (Å²) in [7, 11) is 0. The maximum absolute atomic E-state index is 12.8. The van der Waals surface area contributed by atoms with Crippen molar-refractivity contribution in [1.82, 2.24) is 0 Å². The molecular formula is C60H94O6. The summed E-state index contributed by atoms with van der Waals surface area (Å²) in [5, 5.41) is 0. The van der Waals surface area contributed by atoms with Gasteiger partial charge in [-0.2, -0.15) is 0 Å². The van der Waals surface area contributed by atoms with E-state index in [-0.39, 0.29) is 31.1 Å². The molecule has 0 amide bonds. The van der Waals surface area contributed by atoms with Crippen molar-refractivity contribution in [3.05, 3.63) is 134 Å². The largest absolute Gasteiger partial charge is 0.462 e. The van der Waals surface area contributed by atoms with Crippen LogP contribution >= 0.6 is 0 Å². The highest BCUT2D eigenvalue weighted by atomic mass is 16.6. The van der Waals surface area contributed by atoms with Crippen LogP contribution in [0.1, 0.15) is 207 Å². The van der Waals surface area contributed by atoms with Gasteiger partial charge in [-0.15, -0.1) is 0 Å². The summed E-state index contributed by atoms with van der Waals surface area (Å²) in [4.78, 5) is 38.0. The topological polar surface area (TPSA) is 78.9 Å². The van der Waals surface area contributed by atoms with Gasteiger partial charge in [0.05, 0.1) is 0 Å². The van der Waals surface area contributed by atoms with Crippen LogP contribution in [0.2, 0.25) is 0 Å². The molecule has 0 spiro atoms. The van der Waals surface area contributed by atoms with Crippen LogP contribution in [0.4, 0.5) is 0 Å². The summed E-state index contributed by atoms with van der Waals surface area (Å²) in [5.74, 6) is -0.984. The predicted molar refractivity (Wildman–Crippen MR) is 283 cm³/mol. The highest BCUT2D eigenvalue weighted by Gasteiger charge is 2.19. The lowest BCUT2D eigenvalue weighted by atomic mass is 10.1. The molecule has 0 rings (SSSR count). The molecule has 0 heterocycles. The van der Waals surface area contributed by atoms with Gasteiger partial charge in [-0.1, -0.05) is 206 Å². The van der Waals surface area contributed by atoms with E-state index in [2.05, 4.69) is 154 Å². The highest BCUT2D eigenvalue weighted by Crippen LogP contribution is 2.13. The van der Waals surface area contributed by atoms with Crippen molar-refractivity contribution in [3.8, 4) is 0 Å². The Labute approximate surface area is 405 Å². The molecule has 6 nitrogen and oxygen atoms in total. The Morgan fingerprint density at radius 3 is 1.03 bits per heavy atom. The van der Waals surface area contributed by atoms with Crippen LogP contribution in [0, 0.1) is 0 Å². The number of carbonyl (C=O) groups excluding carboxylic acids is 3. The Morgan fingerprint density at radius 1 is 0.318 bits per heavy atom. The Balaban J connectivity index is 4.52. The lowest BCUT2D eigenvalue weighted by Crippen LogP contribution is -2.30. The zero-order valence-electron chi connectivity index (χ0n) is 42.1. The molecule has 0 radical (unpaired) electrons. The maximum atomic E-state index is 12.8. The van der Waals surface area contributed by atoms with E-state index in [0.29, 0.717) is 19.3 Å². The van der Waals surface area contributed by atoms with Crippen molar-refractivity contribution < 1.29 is 28.6 Å². The van der Waals surface area contributed by atoms with Gasteiger partial charge in [0.2, 0.25) is 0 Å². The minimum atomic E-state index is -0.812. The molecule has 0 N–H and O–H groups in total. The second kappa shape index (κ2) is 53.2. The standard InChI is InChI=1S/C60H94O6/c1-4-7-10-13-16-19-22-25-27-29-30-31-33-35-38-41-44-47-50-53-59(62)65-56-57(55-64-58(61)52-49-46-43-40-37-34-24-21-18-15-12-9-6-3)66-60(63)54-51-48-45-42-39-36-32-28-26-23-20-17-14-11-8-5-2/h7-12,15-21,24-28,30-31,35,38,57H,4-6,13-14,22-23,29,32-34,36-37,39-56H2,1-3H3/b10-7-,11-8-,12-9-,18-15-,19-16-,20-17-,24-21-,27-25-,28-26-,31-30-,38-35-. The van der Waals surface area contributed by atoms with E-state index in [1.807, 2.05) is 0 Å². The van der Waals surface area contributed by atoms with Crippen LogP contribution in [-0.4, -0.2) is 37.2 Å². The summed E-state index contributed by atoms with van der Waals surface area (Å²) in [6, 6.07) is 0. The molecule has 370 valence electrons. The molecule has 0 bridgehead atoms. The third kappa shape index (κ3) is 50.5. The first-order chi connectivity index (χ1) is 32.5. The van der Waals surface area contributed by atoms with E-state index in [0.717, 1.165) is 154 Å². The Hall–Kier alpha value is -4.45. The fraction of sp³-hybridized carbons (Fsp3) is 0.583. The van der Waals surface area contributed by atoms with Gasteiger partial charge in [-0.25, -0.2) is 0 Å². The minimum Gasteiger partial charge on any atom is -0.462 e. The van der Waals surface area contributed by atoms with Crippen molar-refractivity contribution in [3.63, 3.8) is 0 Å². The van der Waals surface area contributed by atoms with Crippen LogP contribution in [0.25, 0.3) is 0 Å². The molecule has 0 fully saturated rings. The number of esters is 3. The van der Waals surface area contributed by atoms with Crippen LogP contribution in [0.5, 0.6) is 0 Å². The van der Waals surface area contributed by atoms with E-state index in [4.69, 9.17) is 14.2 Å². The molecule has 0 saturated heterocycles. The first-order valence-electron chi connectivity index (χ1n) is 26.2. The lowest BCUT2D eigenvalue weighted by molar-refractivity contribution is -0.167. The number of allylic oxidation sites excluding steroid dienone is 22. The zero-order chi connectivity index (χ0) is 47.9. The normalized spacial score (nSPS) is 13.2. The molecule has 66 heavy (non-hydrogen) atoms. The van der Waals surface area contributed by atoms with E-state index >= 15 is 0 Å². The molecule has 0 aromatic heterocycles. The second-order valence-electron chi connectivity index (χ2n) is 16.7. The summed E-state index contributed by atoms with van der Waals surface area (Å²) >= 11 is 0. The van der Waals surface area contributed by atoms with Gasteiger partial charge < -0.3 is 14.2 Å². The molecule has 0 aliphatic heterocycles. The summed E-state index contributed by atoms with van der Waals surface area (Å²) in [5.41, 5.74) is 0. The van der Waals surface area contributed by atoms with Gasteiger partial charge in [0.15, 0.2) is 6.10 Å². The van der Waals surface area contributed by atoms with Gasteiger partial charge in [-0.05, 0) is 116 Å². The number of carbonyl (C=O) groups is 3. The van der Waals surface area contributed by atoms with Crippen molar-refractivity contribution in [2.75, 3.05) is 13.2 Å². The average Bonchev–Trinajstić information content (AvgIpc) is 3.31. The van der Waals surface area contributed by atoms with Gasteiger partial charge in [0, 0.05) is 19.3 Å². The number of hydrogen-bond donors (Lipinski definition) is 0. The highest BCUT2D eigenvalue weighted by molar-refractivity contribution is 5.71. The molecule has 0 aromatic carbocycles. The Kier molecular flexibility index (Phi) is 49.6. The summed E-state index contributed by atoms with van der Waals surface area (Å²) in [6.07, 6.45) is 74.3. The maximum Gasteiger partial charge on any atom is 0.306 e. The fourth-order valence-corrected chi connectivity index (χ4v) is 6.60. The SMILES string of the molecule is CC\C=C/C=C\C=C/CCCCCCCC(=O)OCC(COC(=O)CCCCC/C=C\C/C=C\C/C=C\C/C=C\C/C=C\CC)OC(=O)CCCCCCCC/C=C\C/C=C\C/C=C\CC. The monoisotopic (exact) mass is 911 g/mol. The Morgan fingerprint density at radius 2 is 0.621 bits per heavy atom. The molecule has 0 aliphatic carbocycles. The third-order valence-electron chi connectivity index (χ3n) is 10.4. The Bertz CT molecular complexity index is 1460. The molecule has 0 aromatic rings. The van der Waals surface area contributed by atoms with Gasteiger partial charge in [0.25, 0.3) is 0 Å². The fourth-order valence-electron chi connectivity index (χ4n) is 6.60. The van der Waals surface area contributed by atoms with Crippen molar-refractivity contribution in [2.24, 2.45) is 0 Å². The summed E-state index contributed by atoms with van der Waals surface area (Å²) in [6.45, 7) is 6.20. The number of rotatable bonds is 45. The zero-order valence-corrected chi connectivity index (χ0v) is 42.1. The number of unbranched alkanes of at least 4 members (excludes halogenated alkanes) is 14. The molecule has 1 unspecified atom stereocenters. The van der Waals surface area contributed by atoms with Crippen LogP contribution < -0.4 is 0 Å². The molecular weight excluding hydrogens is 817 g/mol. The van der Waals surface area contributed by atoms with Crippen LogP contribution in [0.3, 0.4) is 0 Å². The molecule has 6 heteroatoms. The first kappa shape index (κ1) is 61.5. The average molecular weight is 911 g/mol. The molecule has 1 atom stereocenters. The predicted octanol–water partition coefficient (Wildman–Crippen LogP) is 17.5. The quantitative estimate of drug-likeness (QED) is 0.0199. The van der Waals surface area contributed by atoms with Gasteiger partial charge >= 0.3 is 17.9 Å². The van der Waals surface area contributed by atoms with Gasteiger partial charge in [0.1, 0.15) is 13.2 Å². The minimum absolute atomic E-state index is 0.110. The first-order valence-corrected chi connectivity index (χ1v) is 26.2. The van der Waals surface area contributed by atoms with Crippen LogP contribution in [0.15, 0.2) is 134 Å². The smallest absolute Gasteiger partial charge is 0.306 e. The molecule has 0 aliphatic rings. The summed E-state index contributed by atoms with van der Waals surface area (Å²) < 4.78 is 16.8. The van der Waals surface area contributed by atoms with E-state index in [1.165, 1.54) is 12.8 Å². The van der Waals surface area contributed by atoms with Crippen LogP contribution in [-0.2, 0) is 28.6 Å². The van der Waals surface area contributed by atoms with Crippen molar-refractivity contribution in [2.45, 2.75) is 213 Å². The second-order valence-corrected chi connectivity index (χ2v) is 16.7. The van der Waals surface area contributed by atoms with Crippen molar-refractivity contribution >= 4 is 17.9 Å².